The summed E-state index contributed by atoms with van der Waals surface area (Å²) in [5.74, 6) is 0.729. The van der Waals surface area contributed by atoms with Crippen LogP contribution >= 0.6 is 11.3 Å². The van der Waals surface area contributed by atoms with Crippen LogP contribution in [0.1, 0.15) is 16.3 Å². The van der Waals surface area contributed by atoms with Gasteiger partial charge >= 0.3 is 0 Å². The van der Waals surface area contributed by atoms with E-state index in [4.69, 9.17) is 10.5 Å². The second-order valence-corrected chi connectivity index (χ2v) is 4.60. The minimum absolute atomic E-state index is 0.478. The van der Waals surface area contributed by atoms with Gasteiger partial charge in [-0.2, -0.15) is 0 Å². The number of aryl methyl sites for hydroxylation is 2. The molecule has 3 nitrogen and oxygen atoms in total. The highest BCUT2D eigenvalue weighted by molar-refractivity contribution is 7.09. The van der Waals surface area contributed by atoms with E-state index < -0.39 is 0 Å². The summed E-state index contributed by atoms with van der Waals surface area (Å²) in [6, 6.07) is 5.78. The molecular weight excluding hydrogens is 220 g/mol. The van der Waals surface area contributed by atoms with Gasteiger partial charge in [0.15, 0.2) is 0 Å². The molecule has 0 aliphatic carbocycles. The molecule has 2 N–H and O–H groups in total. The van der Waals surface area contributed by atoms with E-state index in [1.54, 1.807) is 11.3 Å². The molecule has 0 saturated heterocycles. The number of ether oxygens (including phenoxy) is 1. The number of nitrogens with zero attached hydrogens (tertiary/aromatic N) is 1. The number of hydrogen-bond donors (Lipinski definition) is 1. The first-order chi connectivity index (χ1) is 7.66. The average molecular weight is 234 g/mol. The number of para-hydroxylation sites is 1. The maximum atomic E-state index is 5.91. The molecule has 0 amide bonds. The smallest absolute Gasteiger partial charge is 0.143 e. The van der Waals surface area contributed by atoms with Crippen LogP contribution in [0.2, 0.25) is 0 Å². The summed E-state index contributed by atoms with van der Waals surface area (Å²) >= 11 is 1.60. The second kappa shape index (κ2) is 4.53. The van der Waals surface area contributed by atoms with Gasteiger partial charge in [-0.25, -0.2) is 4.98 Å². The van der Waals surface area contributed by atoms with Gasteiger partial charge in [0.1, 0.15) is 17.4 Å². The van der Waals surface area contributed by atoms with Gasteiger partial charge in [0.2, 0.25) is 0 Å². The van der Waals surface area contributed by atoms with Crippen molar-refractivity contribution in [3.63, 3.8) is 0 Å². The van der Waals surface area contributed by atoms with Crippen LogP contribution in [0.25, 0.3) is 0 Å². The molecule has 0 bridgehead atoms. The summed E-state index contributed by atoms with van der Waals surface area (Å²) in [5.41, 5.74) is 8.68. The second-order valence-electron chi connectivity index (χ2n) is 3.66. The highest BCUT2D eigenvalue weighted by atomic mass is 32.1. The Morgan fingerprint density at radius 1 is 1.38 bits per heavy atom. The summed E-state index contributed by atoms with van der Waals surface area (Å²) in [7, 11) is 0. The molecule has 1 aromatic heterocycles. The van der Waals surface area contributed by atoms with Gasteiger partial charge in [-0.1, -0.05) is 12.1 Å². The fourth-order valence-corrected chi connectivity index (χ4v) is 2.07. The van der Waals surface area contributed by atoms with Crippen molar-refractivity contribution in [2.45, 2.75) is 20.5 Å². The minimum atomic E-state index is 0.478. The number of nitrogen functional groups attached to an aromatic ring is 1. The molecule has 4 heteroatoms. The molecule has 16 heavy (non-hydrogen) atoms. The monoisotopic (exact) mass is 234 g/mol. The number of nitrogens with two attached hydrogens (primary N) is 1. The fourth-order valence-electron chi connectivity index (χ4n) is 1.39. The first-order valence-electron chi connectivity index (χ1n) is 5.05. The third-order valence-electron chi connectivity index (χ3n) is 2.30. The number of thiazole rings is 1. The quantitative estimate of drug-likeness (QED) is 0.831. The van der Waals surface area contributed by atoms with E-state index >= 15 is 0 Å². The normalized spacial score (nSPS) is 10.4. The van der Waals surface area contributed by atoms with Crippen LogP contribution in [-0.2, 0) is 6.61 Å². The van der Waals surface area contributed by atoms with Gasteiger partial charge in [-0.15, -0.1) is 11.3 Å². The van der Waals surface area contributed by atoms with Crippen molar-refractivity contribution in [1.29, 1.82) is 0 Å². The molecule has 0 aliphatic heterocycles. The first-order valence-corrected chi connectivity index (χ1v) is 5.93. The molecule has 0 atom stereocenters. The zero-order valence-corrected chi connectivity index (χ0v) is 10.2. The van der Waals surface area contributed by atoms with Crippen LogP contribution in [-0.4, -0.2) is 4.98 Å². The summed E-state index contributed by atoms with van der Waals surface area (Å²) in [5, 5.41) is 2.98. The Labute approximate surface area is 98.9 Å². The molecule has 1 heterocycles. The molecule has 0 spiro atoms. The van der Waals surface area contributed by atoms with E-state index in [0.717, 1.165) is 22.0 Å². The Kier molecular flexibility index (Phi) is 3.10. The van der Waals surface area contributed by atoms with Gasteiger partial charge in [-0.05, 0) is 25.5 Å². The van der Waals surface area contributed by atoms with E-state index in [9.17, 15) is 0 Å². The lowest BCUT2D eigenvalue weighted by Crippen LogP contribution is -1.99. The van der Waals surface area contributed by atoms with Crippen molar-refractivity contribution in [3.8, 4) is 5.75 Å². The van der Waals surface area contributed by atoms with Gasteiger partial charge in [-0.3, -0.25) is 0 Å². The molecule has 2 aromatic rings. The van der Waals surface area contributed by atoms with E-state index in [0.29, 0.717) is 12.3 Å². The maximum absolute atomic E-state index is 5.91. The number of benzene rings is 1. The zero-order valence-electron chi connectivity index (χ0n) is 9.36. The number of anilines is 1. The van der Waals surface area contributed by atoms with Crippen LogP contribution < -0.4 is 10.5 Å². The van der Waals surface area contributed by atoms with E-state index in [1.165, 1.54) is 0 Å². The Hall–Kier alpha value is -1.55. The third kappa shape index (κ3) is 2.33. The van der Waals surface area contributed by atoms with Crippen LogP contribution in [0.15, 0.2) is 23.6 Å². The fraction of sp³-hybridized carbons (Fsp3) is 0.250. The van der Waals surface area contributed by atoms with Crippen molar-refractivity contribution < 1.29 is 4.74 Å². The molecule has 0 saturated carbocycles. The van der Waals surface area contributed by atoms with E-state index in [1.807, 2.05) is 37.4 Å². The zero-order chi connectivity index (χ0) is 11.5. The molecule has 1 aromatic carbocycles. The molecule has 0 aliphatic rings. The largest absolute Gasteiger partial charge is 0.484 e. The average Bonchev–Trinajstić information content (AvgIpc) is 2.67. The Morgan fingerprint density at radius 2 is 2.19 bits per heavy atom. The van der Waals surface area contributed by atoms with E-state index in [2.05, 4.69) is 4.98 Å². The Balaban J connectivity index is 2.07. The van der Waals surface area contributed by atoms with Crippen molar-refractivity contribution >= 4 is 17.0 Å². The highest BCUT2D eigenvalue weighted by Crippen LogP contribution is 2.25. The standard InChI is InChI=1S/C12H14N2OS/c1-8-4-3-5-10(12(8)13)15-6-11-14-9(2)7-16-11/h3-5,7H,6,13H2,1-2H3. The first kappa shape index (κ1) is 11.0. The summed E-state index contributed by atoms with van der Waals surface area (Å²) in [4.78, 5) is 4.33. The van der Waals surface area contributed by atoms with Crippen molar-refractivity contribution in [2.75, 3.05) is 5.73 Å². The number of rotatable bonds is 3. The predicted molar refractivity (Wildman–Crippen MR) is 66.8 cm³/mol. The predicted octanol–water partition coefficient (Wildman–Crippen LogP) is 2.92. The molecule has 0 unspecified atom stereocenters. The van der Waals surface area contributed by atoms with Crippen LogP contribution in [0.4, 0.5) is 5.69 Å². The lowest BCUT2D eigenvalue weighted by Gasteiger charge is -2.08. The molecular formula is C12H14N2OS. The van der Waals surface area contributed by atoms with Gasteiger partial charge in [0.25, 0.3) is 0 Å². The lowest BCUT2D eigenvalue weighted by molar-refractivity contribution is 0.307. The molecule has 2 rings (SSSR count). The van der Waals surface area contributed by atoms with E-state index in [-0.39, 0.29) is 0 Å². The minimum Gasteiger partial charge on any atom is -0.484 e. The molecule has 84 valence electrons. The van der Waals surface area contributed by atoms with Crippen molar-refractivity contribution in [1.82, 2.24) is 4.98 Å². The Bertz CT molecular complexity index is 494. The Morgan fingerprint density at radius 3 is 2.88 bits per heavy atom. The van der Waals surface area contributed by atoms with Crippen LogP contribution in [0, 0.1) is 13.8 Å². The summed E-state index contributed by atoms with van der Waals surface area (Å²) < 4.78 is 5.64. The number of hydrogen-bond acceptors (Lipinski definition) is 4. The van der Waals surface area contributed by atoms with Gasteiger partial charge < -0.3 is 10.5 Å². The highest BCUT2D eigenvalue weighted by Gasteiger charge is 2.04. The molecule has 0 fully saturated rings. The summed E-state index contributed by atoms with van der Waals surface area (Å²) in [6.07, 6.45) is 0. The van der Waals surface area contributed by atoms with Gasteiger partial charge in [0.05, 0.1) is 5.69 Å². The SMILES string of the molecule is Cc1csc(COc2cccc(C)c2N)n1. The lowest BCUT2D eigenvalue weighted by atomic mass is 10.2. The van der Waals surface area contributed by atoms with Gasteiger partial charge in [0, 0.05) is 11.1 Å². The maximum Gasteiger partial charge on any atom is 0.143 e. The molecule has 0 radical (unpaired) electrons. The van der Waals surface area contributed by atoms with Crippen LogP contribution in [0.3, 0.4) is 0 Å². The summed E-state index contributed by atoms with van der Waals surface area (Å²) in [6.45, 7) is 4.42. The third-order valence-corrected chi connectivity index (χ3v) is 3.24. The van der Waals surface area contributed by atoms with Crippen molar-refractivity contribution in [2.24, 2.45) is 0 Å². The topological polar surface area (TPSA) is 48.1 Å². The van der Waals surface area contributed by atoms with Crippen molar-refractivity contribution in [3.05, 3.63) is 39.8 Å². The number of aromatic nitrogens is 1. The van der Waals surface area contributed by atoms with Crippen LogP contribution in [0.5, 0.6) is 5.75 Å².